The van der Waals surface area contributed by atoms with Crippen LogP contribution in [0.5, 0.6) is 0 Å². The molecule has 0 saturated carbocycles. The molecule has 0 aromatic carbocycles. The van der Waals surface area contributed by atoms with Crippen molar-refractivity contribution >= 4 is 28.9 Å². The zero-order chi connectivity index (χ0) is 14.7. The first-order chi connectivity index (χ1) is 10.2. The lowest BCUT2D eigenvalue weighted by Gasteiger charge is -2.10. The number of amides is 2. The first kappa shape index (κ1) is 13.4. The second-order valence-electron chi connectivity index (χ2n) is 4.27. The Bertz CT molecular complexity index is 692. The minimum atomic E-state index is -0.350. The average Bonchev–Trinajstić information content (AvgIpc) is 3.16. The Hall–Kier alpha value is -2.55. The van der Waals surface area contributed by atoms with Crippen LogP contribution < -0.4 is 10.7 Å². The van der Waals surface area contributed by atoms with Crippen molar-refractivity contribution < 1.29 is 14.1 Å². The highest BCUT2D eigenvalue weighted by Crippen LogP contribution is 2.22. The molecule has 0 atom stereocenters. The zero-order valence-corrected chi connectivity index (χ0v) is 11.6. The molecule has 0 radical (unpaired) electrons. The van der Waals surface area contributed by atoms with Crippen molar-refractivity contribution in [1.29, 1.82) is 0 Å². The van der Waals surface area contributed by atoms with Crippen LogP contribution in [0, 0.1) is 0 Å². The summed E-state index contributed by atoms with van der Waals surface area (Å²) in [6, 6.07) is 3.77. The van der Waals surface area contributed by atoms with E-state index in [-0.39, 0.29) is 30.5 Å². The highest BCUT2D eigenvalue weighted by Gasteiger charge is 2.18. The standard InChI is InChI=1S/C12H11N5O3S/c18-10-4-3-7(15-16-10)11(19)13-6-9-14-12(20-17-9)8-2-1-5-21-8/h1-2,5H,3-4,6H2,(H,13,19)(H,16,18). The molecule has 1 aliphatic rings. The molecule has 0 bridgehead atoms. The first-order valence-corrected chi connectivity index (χ1v) is 7.10. The van der Waals surface area contributed by atoms with Crippen LogP contribution in [0.3, 0.4) is 0 Å². The summed E-state index contributed by atoms with van der Waals surface area (Å²) < 4.78 is 5.11. The number of thiophene rings is 1. The second-order valence-corrected chi connectivity index (χ2v) is 5.22. The van der Waals surface area contributed by atoms with Gasteiger partial charge in [0, 0.05) is 12.8 Å². The maximum absolute atomic E-state index is 11.8. The van der Waals surface area contributed by atoms with E-state index < -0.39 is 0 Å². The van der Waals surface area contributed by atoms with E-state index in [1.165, 1.54) is 11.3 Å². The third-order valence-electron chi connectivity index (χ3n) is 2.77. The van der Waals surface area contributed by atoms with Crippen molar-refractivity contribution in [2.75, 3.05) is 0 Å². The van der Waals surface area contributed by atoms with Crippen LogP contribution in [0.4, 0.5) is 0 Å². The molecule has 2 N–H and O–H groups in total. The van der Waals surface area contributed by atoms with E-state index in [0.717, 1.165) is 4.88 Å². The van der Waals surface area contributed by atoms with E-state index in [9.17, 15) is 9.59 Å². The van der Waals surface area contributed by atoms with E-state index in [4.69, 9.17) is 4.52 Å². The molecule has 108 valence electrons. The number of hydrazone groups is 1. The fraction of sp³-hybridized carbons (Fsp3) is 0.250. The van der Waals surface area contributed by atoms with Crippen molar-refractivity contribution in [3.05, 3.63) is 23.3 Å². The lowest BCUT2D eigenvalue weighted by atomic mass is 10.1. The first-order valence-electron chi connectivity index (χ1n) is 6.22. The van der Waals surface area contributed by atoms with Crippen LogP contribution in [0.1, 0.15) is 18.7 Å². The highest BCUT2D eigenvalue weighted by molar-refractivity contribution is 7.13. The fourth-order valence-electron chi connectivity index (χ4n) is 1.73. The Morgan fingerprint density at radius 2 is 2.38 bits per heavy atom. The molecule has 0 saturated heterocycles. The maximum Gasteiger partial charge on any atom is 0.268 e. The number of hydrogen-bond donors (Lipinski definition) is 2. The van der Waals surface area contributed by atoms with Gasteiger partial charge in [-0.15, -0.1) is 11.3 Å². The third-order valence-corrected chi connectivity index (χ3v) is 3.63. The zero-order valence-electron chi connectivity index (χ0n) is 10.8. The number of nitrogens with zero attached hydrogens (tertiary/aromatic N) is 3. The topological polar surface area (TPSA) is 109 Å². The molecule has 2 amide bonds. The Morgan fingerprint density at radius 1 is 1.48 bits per heavy atom. The van der Waals surface area contributed by atoms with Gasteiger partial charge in [-0.2, -0.15) is 10.1 Å². The molecule has 21 heavy (non-hydrogen) atoms. The summed E-state index contributed by atoms with van der Waals surface area (Å²) in [6.07, 6.45) is 0.585. The molecular weight excluding hydrogens is 294 g/mol. The largest absolute Gasteiger partial charge is 0.343 e. The molecule has 9 heteroatoms. The summed E-state index contributed by atoms with van der Waals surface area (Å²) in [5, 5.41) is 12.1. The van der Waals surface area contributed by atoms with E-state index in [1.54, 1.807) is 0 Å². The fourth-order valence-corrected chi connectivity index (χ4v) is 2.37. The predicted molar refractivity (Wildman–Crippen MR) is 74.3 cm³/mol. The van der Waals surface area contributed by atoms with Crippen LogP contribution in [0.2, 0.25) is 0 Å². The molecular formula is C12H11N5O3S. The van der Waals surface area contributed by atoms with Crippen LogP contribution in [0.25, 0.3) is 10.8 Å². The summed E-state index contributed by atoms with van der Waals surface area (Å²) in [4.78, 5) is 27.8. The second kappa shape index (κ2) is 5.83. The van der Waals surface area contributed by atoms with Gasteiger partial charge in [0.25, 0.3) is 11.8 Å². The number of hydrogen-bond acceptors (Lipinski definition) is 7. The number of rotatable bonds is 4. The summed E-state index contributed by atoms with van der Waals surface area (Å²) in [6.45, 7) is 0.140. The Kier molecular flexibility index (Phi) is 3.73. The number of carbonyl (C=O) groups is 2. The molecule has 2 aromatic rings. The lowest BCUT2D eigenvalue weighted by Crippen LogP contribution is -2.36. The van der Waals surface area contributed by atoms with Gasteiger partial charge in [-0.1, -0.05) is 11.2 Å². The van der Waals surface area contributed by atoms with Gasteiger partial charge in [-0.05, 0) is 11.4 Å². The minimum Gasteiger partial charge on any atom is -0.343 e. The molecule has 0 fully saturated rings. The van der Waals surface area contributed by atoms with Crippen molar-refractivity contribution in [2.24, 2.45) is 5.10 Å². The Labute approximate surface area is 123 Å². The molecule has 3 rings (SSSR count). The Balaban J connectivity index is 1.58. The third kappa shape index (κ3) is 3.14. The molecule has 2 aromatic heterocycles. The monoisotopic (exact) mass is 305 g/mol. The number of aromatic nitrogens is 2. The van der Waals surface area contributed by atoms with E-state index in [0.29, 0.717) is 18.1 Å². The quantitative estimate of drug-likeness (QED) is 0.863. The molecule has 0 unspecified atom stereocenters. The smallest absolute Gasteiger partial charge is 0.268 e. The summed E-state index contributed by atoms with van der Waals surface area (Å²) in [5.74, 6) is 0.270. The van der Waals surface area contributed by atoms with Crippen LogP contribution in [-0.2, 0) is 16.1 Å². The number of nitrogens with one attached hydrogen (secondary N) is 2. The van der Waals surface area contributed by atoms with Gasteiger partial charge in [-0.3, -0.25) is 9.59 Å². The van der Waals surface area contributed by atoms with Gasteiger partial charge in [0.2, 0.25) is 5.91 Å². The summed E-state index contributed by atoms with van der Waals surface area (Å²) in [7, 11) is 0. The van der Waals surface area contributed by atoms with Gasteiger partial charge >= 0.3 is 0 Å². The SMILES string of the molecule is O=C1CCC(C(=O)NCc2noc(-c3cccs3)n2)=NN1. The van der Waals surface area contributed by atoms with Crippen molar-refractivity contribution in [2.45, 2.75) is 19.4 Å². The van der Waals surface area contributed by atoms with E-state index in [2.05, 4.69) is 26.0 Å². The highest BCUT2D eigenvalue weighted by atomic mass is 32.1. The van der Waals surface area contributed by atoms with Crippen molar-refractivity contribution in [1.82, 2.24) is 20.9 Å². The average molecular weight is 305 g/mol. The maximum atomic E-state index is 11.8. The summed E-state index contributed by atoms with van der Waals surface area (Å²) >= 11 is 1.49. The molecule has 3 heterocycles. The Morgan fingerprint density at radius 3 is 3.10 bits per heavy atom. The van der Waals surface area contributed by atoms with Gasteiger partial charge in [0.1, 0.15) is 5.71 Å². The summed E-state index contributed by atoms with van der Waals surface area (Å²) in [5.41, 5.74) is 2.56. The van der Waals surface area contributed by atoms with Crippen molar-refractivity contribution in [3.63, 3.8) is 0 Å². The van der Waals surface area contributed by atoms with Crippen LogP contribution in [0.15, 0.2) is 27.1 Å². The van der Waals surface area contributed by atoms with E-state index in [1.807, 2.05) is 17.5 Å². The van der Waals surface area contributed by atoms with Crippen LogP contribution in [-0.4, -0.2) is 27.7 Å². The predicted octanol–water partition coefficient (Wildman–Crippen LogP) is 0.680. The van der Waals surface area contributed by atoms with Gasteiger partial charge in [0.15, 0.2) is 5.82 Å². The van der Waals surface area contributed by atoms with Gasteiger partial charge < -0.3 is 9.84 Å². The lowest BCUT2D eigenvalue weighted by molar-refractivity contribution is -0.121. The van der Waals surface area contributed by atoms with Gasteiger partial charge in [-0.25, -0.2) is 5.43 Å². The molecule has 0 spiro atoms. The van der Waals surface area contributed by atoms with Gasteiger partial charge in [0.05, 0.1) is 11.4 Å². The molecule has 8 nitrogen and oxygen atoms in total. The molecule has 0 aliphatic carbocycles. The van der Waals surface area contributed by atoms with Crippen LogP contribution >= 0.6 is 11.3 Å². The molecule has 1 aliphatic heterocycles. The normalized spacial score (nSPS) is 14.5. The minimum absolute atomic E-state index is 0.140. The van der Waals surface area contributed by atoms with Crippen molar-refractivity contribution in [3.8, 4) is 10.8 Å². The van der Waals surface area contributed by atoms with E-state index >= 15 is 0 Å². The number of carbonyl (C=O) groups excluding carboxylic acids is 2.